The summed E-state index contributed by atoms with van der Waals surface area (Å²) >= 11 is 0. The van der Waals surface area contributed by atoms with Gasteiger partial charge < -0.3 is 4.42 Å². The zero-order valence-corrected chi connectivity index (χ0v) is 19.3. The molecule has 6 rings (SSSR count). The van der Waals surface area contributed by atoms with Gasteiger partial charge in [0, 0.05) is 44.7 Å². The Balaban J connectivity index is 1.58. The number of hydrogen-bond donors (Lipinski definition) is 0. The van der Waals surface area contributed by atoms with Crippen molar-refractivity contribution in [3.63, 3.8) is 0 Å². The van der Waals surface area contributed by atoms with Crippen molar-refractivity contribution in [2.24, 2.45) is 0 Å². The molecule has 3 aromatic carbocycles. The number of hydrogen-bond acceptors (Lipinski definition) is 3. The number of rotatable bonds is 3. The molecule has 3 nitrogen and oxygen atoms in total. The van der Waals surface area contributed by atoms with E-state index in [1.807, 2.05) is 0 Å². The number of furan rings is 1. The van der Waals surface area contributed by atoms with E-state index >= 15 is 0 Å². The molecule has 3 heterocycles. The molecule has 0 radical (unpaired) electrons. The minimum Gasteiger partial charge on any atom is -0.437 e. The molecule has 0 aliphatic rings. The molecule has 0 N–H and O–H groups in total. The van der Waals surface area contributed by atoms with E-state index in [4.69, 9.17) is 20.9 Å². The second kappa shape index (κ2) is 8.46. The molecule has 0 fully saturated rings. The molecular weight excluding hydrogens is 440 g/mol. The van der Waals surface area contributed by atoms with Gasteiger partial charge in [0.15, 0.2) is 0 Å². The van der Waals surface area contributed by atoms with Crippen LogP contribution in [-0.4, -0.2) is 9.97 Å². The standard InChI is InChI=1S/C33H28N2O/c1-19-9-12-25(20(2)15-19)24-11-14-26(21(3)16-24)30-17-31(34-18-22(30)4)29-8-6-7-27-28-13-10-23(5)35-33(28)36-32(27)29/h6-18H,1-5H3/i2D3,3D3,4D3,5D3. The molecule has 0 unspecified atom stereocenters. The van der Waals surface area contributed by atoms with Crippen LogP contribution in [0.5, 0.6) is 0 Å². The first-order chi connectivity index (χ1) is 22.2. The van der Waals surface area contributed by atoms with Crippen molar-refractivity contribution in [3.8, 4) is 33.5 Å². The quantitative estimate of drug-likeness (QED) is 0.254. The Kier molecular flexibility index (Phi) is 2.97. The molecule has 0 atom stereocenters. The Bertz CT molecular complexity index is 2210. The maximum absolute atomic E-state index is 8.41. The third-order valence-electron chi connectivity index (χ3n) is 6.34. The third-order valence-corrected chi connectivity index (χ3v) is 6.34. The van der Waals surface area contributed by atoms with E-state index in [-0.39, 0.29) is 44.9 Å². The summed E-state index contributed by atoms with van der Waals surface area (Å²) in [5.41, 5.74) is 2.44. The lowest BCUT2D eigenvalue weighted by atomic mass is 9.91. The summed E-state index contributed by atoms with van der Waals surface area (Å²) in [6.07, 6.45) is 1.19. The van der Waals surface area contributed by atoms with Crippen LogP contribution in [0.3, 0.4) is 0 Å². The fourth-order valence-electron chi connectivity index (χ4n) is 4.56. The average molecular weight is 481 g/mol. The highest BCUT2D eigenvalue weighted by molar-refractivity contribution is 6.08. The molecule has 0 aliphatic heterocycles. The van der Waals surface area contributed by atoms with Gasteiger partial charge >= 0.3 is 0 Å². The first-order valence-corrected chi connectivity index (χ1v) is 11.3. The van der Waals surface area contributed by atoms with Gasteiger partial charge in [0.1, 0.15) is 5.58 Å². The molecule has 36 heavy (non-hydrogen) atoms. The van der Waals surface area contributed by atoms with Gasteiger partial charge in [-0.05, 0) is 97.5 Å². The van der Waals surface area contributed by atoms with Gasteiger partial charge in [-0.25, -0.2) is 4.98 Å². The summed E-state index contributed by atoms with van der Waals surface area (Å²) in [5.74, 6) is 0. The fourth-order valence-corrected chi connectivity index (χ4v) is 4.56. The number of benzene rings is 3. The molecule has 0 bridgehead atoms. The highest BCUT2D eigenvalue weighted by Crippen LogP contribution is 2.37. The number of pyridine rings is 2. The Morgan fingerprint density at radius 3 is 2.42 bits per heavy atom. The summed E-state index contributed by atoms with van der Waals surface area (Å²) in [6, 6.07) is 19.2. The summed E-state index contributed by atoms with van der Waals surface area (Å²) in [4.78, 5) is 8.66. The fraction of sp³-hybridized carbons (Fsp3) is 0.152. The predicted octanol–water partition coefficient (Wildman–Crippen LogP) is 8.92. The highest BCUT2D eigenvalue weighted by atomic mass is 16.3. The largest absolute Gasteiger partial charge is 0.437 e. The van der Waals surface area contributed by atoms with Crippen LogP contribution >= 0.6 is 0 Å². The average Bonchev–Trinajstić information content (AvgIpc) is 3.37. The Morgan fingerprint density at radius 2 is 1.56 bits per heavy atom. The minimum atomic E-state index is -2.71. The van der Waals surface area contributed by atoms with E-state index in [0.717, 1.165) is 5.56 Å². The van der Waals surface area contributed by atoms with Gasteiger partial charge in [-0.15, -0.1) is 0 Å². The lowest BCUT2D eigenvalue weighted by Crippen LogP contribution is -1.93. The number of fused-ring (bicyclic) bond motifs is 3. The molecule has 3 aromatic heterocycles. The van der Waals surface area contributed by atoms with E-state index < -0.39 is 27.4 Å². The van der Waals surface area contributed by atoms with Crippen molar-refractivity contribution in [1.29, 1.82) is 0 Å². The zero-order valence-electron chi connectivity index (χ0n) is 31.3. The van der Waals surface area contributed by atoms with E-state index in [0.29, 0.717) is 33.0 Å². The van der Waals surface area contributed by atoms with E-state index in [9.17, 15) is 0 Å². The van der Waals surface area contributed by atoms with Gasteiger partial charge in [-0.1, -0.05) is 54.1 Å². The number of aryl methyl sites for hydroxylation is 5. The van der Waals surface area contributed by atoms with Crippen LogP contribution in [0.4, 0.5) is 0 Å². The van der Waals surface area contributed by atoms with Crippen LogP contribution in [0.2, 0.25) is 0 Å². The van der Waals surface area contributed by atoms with Crippen LogP contribution in [0, 0.1) is 34.3 Å². The monoisotopic (exact) mass is 480 g/mol. The highest BCUT2D eigenvalue weighted by Gasteiger charge is 2.16. The molecular formula is C33H28N2O. The first-order valence-electron chi connectivity index (χ1n) is 17.3. The minimum absolute atomic E-state index is 0.0699. The summed E-state index contributed by atoms with van der Waals surface area (Å²) in [6.45, 7) is -8.52. The third kappa shape index (κ3) is 3.68. The second-order valence-corrected chi connectivity index (χ2v) is 8.76. The van der Waals surface area contributed by atoms with Crippen LogP contribution in [-0.2, 0) is 0 Å². The zero-order chi connectivity index (χ0) is 35.0. The van der Waals surface area contributed by atoms with Crippen molar-refractivity contribution < 1.29 is 20.9 Å². The molecule has 6 aromatic rings. The van der Waals surface area contributed by atoms with Gasteiger partial charge in [0.25, 0.3) is 0 Å². The number of nitrogens with zero attached hydrogens (tertiary/aromatic N) is 2. The smallest absolute Gasteiger partial charge is 0.227 e. The SMILES string of the molecule is [2H]C([2H])([2H])c1ccc2c(n1)oc1c(-c3cc(-c4ccc(-c5ccc(C)cc5C([2H])([2H])[2H])cc4C([2H])([2H])[2H])c(C([2H])([2H])[2H])cn3)cccc12. The Hall–Kier alpha value is -4.24. The summed E-state index contributed by atoms with van der Waals surface area (Å²) in [7, 11) is 0. The van der Waals surface area contributed by atoms with Crippen LogP contribution < -0.4 is 0 Å². The maximum Gasteiger partial charge on any atom is 0.227 e. The van der Waals surface area contributed by atoms with Crippen molar-refractivity contribution in [3.05, 3.63) is 107 Å². The van der Waals surface area contributed by atoms with Crippen molar-refractivity contribution in [2.75, 3.05) is 0 Å². The van der Waals surface area contributed by atoms with Gasteiger partial charge in [-0.2, -0.15) is 0 Å². The van der Waals surface area contributed by atoms with Crippen molar-refractivity contribution in [2.45, 2.75) is 34.3 Å². The summed E-state index contributed by atoms with van der Waals surface area (Å²) < 4.78 is 103. The molecule has 0 saturated carbocycles. The van der Waals surface area contributed by atoms with E-state index in [2.05, 4.69) is 9.97 Å². The maximum atomic E-state index is 8.41. The van der Waals surface area contributed by atoms with E-state index in [1.165, 1.54) is 30.5 Å². The second-order valence-electron chi connectivity index (χ2n) is 8.76. The molecule has 3 heteroatoms. The van der Waals surface area contributed by atoms with Gasteiger partial charge in [0.2, 0.25) is 5.71 Å². The normalized spacial score (nSPS) is 17.8. The van der Waals surface area contributed by atoms with E-state index in [1.54, 1.807) is 55.5 Å². The van der Waals surface area contributed by atoms with Crippen LogP contribution in [0.1, 0.15) is 44.4 Å². The molecule has 0 spiro atoms. The molecule has 0 aliphatic carbocycles. The molecule has 176 valence electrons. The summed E-state index contributed by atoms with van der Waals surface area (Å²) in [5, 5.41) is 1.21. The lowest BCUT2D eigenvalue weighted by molar-refractivity contribution is 0.653. The van der Waals surface area contributed by atoms with Crippen molar-refractivity contribution >= 4 is 22.1 Å². The number of para-hydroxylation sites is 1. The van der Waals surface area contributed by atoms with Crippen LogP contribution in [0.15, 0.2) is 83.4 Å². The first kappa shape index (κ1) is 12.6. The molecule has 0 saturated heterocycles. The lowest BCUT2D eigenvalue weighted by Gasteiger charge is -2.14. The van der Waals surface area contributed by atoms with Crippen molar-refractivity contribution in [1.82, 2.24) is 9.97 Å². The number of aromatic nitrogens is 2. The Morgan fingerprint density at radius 1 is 0.694 bits per heavy atom. The van der Waals surface area contributed by atoms with Crippen LogP contribution in [0.25, 0.3) is 55.6 Å². The Labute approximate surface area is 228 Å². The van der Waals surface area contributed by atoms with Gasteiger partial charge in [-0.3, -0.25) is 4.98 Å². The van der Waals surface area contributed by atoms with Gasteiger partial charge in [0.05, 0.1) is 5.69 Å². The molecule has 0 amide bonds. The predicted molar refractivity (Wildman–Crippen MR) is 149 cm³/mol. The topological polar surface area (TPSA) is 38.9 Å².